The Morgan fingerprint density at radius 2 is 2.10 bits per heavy atom. The summed E-state index contributed by atoms with van der Waals surface area (Å²) in [6.07, 6.45) is 1.63. The lowest BCUT2D eigenvalue weighted by Gasteiger charge is -2.08. The number of benzene rings is 2. The lowest BCUT2D eigenvalue weighted by molar-refractivity contribution is 0.339. The Kier molecular flexibility index (Phi) is 5.13. The molecule has 0 aliphatic carbocycles. The summed E-state index contributed by atoms with van der Waals surface area (Å²) in [7, 11) is 0. The monoisotopic (exact) mass is 345 g/mol. The van der Waals surface area contributed by atoms with E-state index in [1.807, 2.05) is 31.2 Å². The second-order valence-corrected chi connectivity index (χ2v) is 5.18. The molecule has 2 aromatic carbocycles. The van der Waals surface area contributed by atoms with Crippen molar-refractivity contribution in [1.29, 1.82) is 5.26 Å². The van der Waals surface area contributed by atoms with Crippen molar-refractivity contribution in [3.05, 3.63) is 63.9 Å². The van der Waals surface area contributed by atoms with Gasteiger partial charge in [0.15, 0.2) is 0 Å². The molecule has 0 bridgehead atoms. The maximum absolute atomic E-state index is 13.8. The van der Waals surface area contributed by atoms with Gasteiger partial charge in [-0.25, -0.2) is 4.39 Å². The minimum absolute atomic E-state index is 0.257. The summed E-state index contributed by atoms with van der Waals surface area (Å²) in [4.78, 5) is 0. The Labute approximate surface area is 131 Å². The number of nitrogens with zero attached hydrogens (tertiary/aromatic N) is 1. The van der Waals surface area contributed by atoms with Crippen molar-refractivity contribution in [3.8, 4) is 11.8 Å². The van der Waals surface area contributed by atoms with Gasteiger partial charge < -0.3 is 4.74 Å². The van der Waals surface area contributed by atoms with Gasteiger partial charge in [0.25, 0.3) is 0 Å². The number of nitriles is 1. The van der Waals surface area contributed by atoms with Crippen molar-refractivity contribution in [3.63, 3.8) is 0 Å². The molecular weight excluding hydrogens is 333 g/mol. The molecule has 0 aromatic heterocycles. The van der Waals surface area contributed by atoms with Gasteiger partial charge in [0.1, 0.15) is 11.6 Å². The first-order chi connectivity index (χ1) is 10.2. The summed E-state index contributed by atoms with van der Waals surface area (Å²) in [5.74, 6) is 0.239. The second kappa shape index (κ2) is 7.05. The van der Waals surface area contributed by atoms with E-state index in [0.717, 1.165) is 10.0 Å². The molecule has 0 aliphatic rings. The van der Waals surface area contributed by atoms with E-state index in [9.17, 15) is 9.65 Å². The van der Waals surface area contributed by atoms with Crippen LogP contribution >= 0.6 is 15.9 Å². The molecule has 106 valence electrons. The fourth-order valence-electron chi connectivity index (χ4n) is 1.92. The first kappa shape index (κ1) is 15.3. The summed E-state index contributed by atoms with van der Waals surface area (Å²) in [6, 6.07) is 13.8. The van der Waals surface area contributed by atoms with Crippen LogP contribution in [0.1, 0.15) is 18.1 Å². The lowest BCUT2D eigenvalue weighted by atomic mass is 10.0. The number of rotatable bonds is 4. The predicted octanol–water partition coefficient (Wildman–Crippen LogP) is 5.05. The van der Waals surface area contributed by atoms with Crippen molar-refractivity contribution in [2.45, 2.75) is 6.92 Å². The summed E-state index contributed by atoms with van der Waals surface area (Å²) in [6.45, 7) is 2.40. The van der Waals surface area contributed by atoms with Crippen LogP contribution in [0.2, 0.25) is 0 Å². The molecule has 0 saturated carbocycles. The number of ether oxygens (including phenoxy) is 1. The number of hydrogen-bond acceptors (Lipinski definition) is 2. The molecular formula is C17H13BrFNO. The molecule has 0 N–H and O–H groups in total. The largest absolute Gasteiger partial charge is 0.493 e. The van der Waals surface area contributed by atoms with E-state index in [1.165, 1.54) is 6.07 Å². The zero-order chi connectivity index (χ0) is 15.2. The van der Waals surface area contributed by atoms with Gasteiger partial charge in [-0.1, -0.05) is 34.1 Å². The number of hydrogen-bond donors (Lipinski definition) is 0. The van der Waals surface area contributed by atoms with Crippen LogP contribution in [0, 0.1) is 17.1 Å². The third-order valence-corrected chi connectivity index (χ3v) is 3.35. The van der Waals surface area contributed by atoms with Crippen molar-refractivity contribution < 1.29 is 9.13 Å². The third kappa shape index (κ3) is 3.71. The van der Waals surface area contributed by atoms with Gasteiger partial charge in [-0.15, -0.1) is 0 Å². The highest BCUT2D eigenvalue weighted by molar-refractivity contribution is 9.10. The van der Waals surface area contributed by atoms with Gasteiger partial charge in [-0.3, -0.25) is 0 Å². The molecule has 0 radical (unpaired) electrons. The van der Waals surface area contributed by atoms with Crippen LogP contribution in [-0.2, 0) is 0 Å². The van der Waals surface area contributed by atoms with Crippen LogP contribution in [0.3, 0.4) is 0 Å². The molecule has 0 unspecified atom stereocenters. The minimum Gasteiger partial charge on any atom is -0.493 e. The Bertz CT molecular complexity index is 719. The van der Waals surface area contributed by atoms with E-state index in [0.29, 0.717) is 12.4 Å². The molecule has 2 aromatic rings. The average Bonchev–Trinajstić information content (AvgIpc) is 2.48. The van der Waals surface area contributed by atoms with Crippen LogP contribution < -0.4 is 4.74 Å². The lowest BCUT2D eigenvalue weighted by Crippen LogP contribution is -1.94. The summed E-state index contributed by atoms with van der Waals surface area (Å²) in [5, 5.41) is 9.32. The molecule has 4 heteroatoms. The van der Waals surface area contributed by atoms with Gasteiger partial charge in [-0.2, -0.15) is 5.26 Å². The fraction of sp³-hybridized carbons (Fsp3) is 0.118. The van der Waals surface area contributed by atoms with Crippen molar-refractivity contribution >= 4 is 27.6 Å². The summed E-state index contributed by atoms with van der Waals surface area (Å²) in [5.41, 5.74) is 1.26. The van der Waals surface area contributed by atoms with Crippen molar-refractivity contribution in [2.75, 3.05) is 6.61 Å². The van der Waals surface area contributed by atoms with Gasteiger partial charge in [0.2, 0.25) is 0 Å². The van der Waals surface area contributed by atoms with Crippen LogP contribution in [0.5, 0.6) is 5.75 Å². The highest BCUT2D eigenvalue weighted by Crippen LogP contribution is 2.28. The molecule has 0 amide bonds. The molecule has 0 spiro atoms. The summed E-state index contributed by atoms with van der Waals surface area (Å²) >= 11 is 3.39. The Hall–Kier alpha value is -2.12. The van der Waals surface area contributed by atoms with Crippen LogP contribution in [0.4, 0.5) is 4.39 Å². The van der Waals surface area contributed by atoms with E-state index in [4.69, 9.17) is 4.74 Å². The molecule has 0 fully saturated rings. The predicted molar refractivity (Wildman–Crippen MR) is 85.2 cm³/mol. The molecule has 0 saturated heterocycles. The van der Waals surface area contributed by atoms with Crippen LogP contribution in [-0.4, -0.2) is 6.61 Å². The zero-order valence-electron chi connectivity index (χ0n) is 11.4. The Morgan fingerprint density at radius 1 is 1.33 bits per heavy atom. The molecule has 21 heavy (non-hydrogen) atoms. The van der Waals surface area contributed by atoms with E-state index >= 15 is 0 Å². The Morgan fingerprint density at radius 3 is 2.76 bits per heavy atom. The van der Waals surface area contributed by atoms with E-state index in [2.05, 4.69) is 15.9 Å². The first-order valence-electron chi connectivity index (χ1n) is 6.44. The molecule has 2 nitrogen and oxygen atoms in total. The average molecular weight is 346 g/mol. The third-order valence-electron chi connectivity index (χ3n) is 2.86. The van der Waals surface area contributed by atoms with Crippen molar-refractivity contribution in [2.24, 2.45) is 0 Å². The quantitative estimate of drug-likeness (QED) is 0.573. The highest BCUT2D eigenvalue weighted by atomic mass is 79.9. The van der Waals surface area contributed by atoms with Gasteiger partial charge in [-0.05, 0) is 37.3 Å². The van der Waals surface area contributed by atoms with Crippen molar-refractivity contribution in [1.82, 2.24) is 0 Å². The second-order valence-electron chi connectivity index (χ2n) is 4.26. The molecule has 0 heterocycles. The number of allylic oxidation sites excluding steroid dienone is 1. The van der Waals surface area contributed by atoms with Gasteiger partial charge >= 0.3 is 0 Å². The van der Waals surface area contributed by atoms with E-state index in [1.54, 1.807) is 24.3 Å². The van der Waals surface area contributed by atoms with E-state index < -0.39 is 5.82 Å². The fourth-order valence-corrected chi connectivity index (χ4v) is 2.30. The molecule has 2 rings (SSSR count). The zero-order valence-corrected chi connectivity index (χ0v) is 13.0. The number of halogens is 2. The van der Waals surface area contributed by atoms with Crippen LogP contribution in [0.25, 0.3) is 11.6 Å². The molecule has 0 aliphatic heterocycles. The summed E-state index contributed by atoms with van der Waals surface area (Å²) < 4.78 is 20.2. The van der Waals surface area contributed by atoms with Gasteiger partial charge in [0, 0.05) is 15.6 Å². The maximum atomic E-state index is 13.8. The Balaban J connectivity index is 2.53. The SMILES string of the molecule is CCOc1ccc(Br)cc1/C=C(/C#N)c1ccccc1F. The topological polar surface area (TPSA) is 33.0 Å². The van der Waals surface area contributed by atoms with E-state index in [-0.39, 0.29) is 11.1 Å². The molecule has 0 atom stereocenters. The highest BCUT2D eigenvalue weighted by Gasteiger charge is 2.09. The van der Waals surface area contributed by atoms with Crippen LogP contribution in [0.15, 0.2) is 46.9 Å². The smallest absolute Gasteiger partial charge is 0.131 e. The first-order valence-corrected chi connectivity index (χ1v) is 7.24. The minimum atomic E-state index is -0.418. The van der Waals surface area contributed by atoms with Gasteiger partial charge in [0.05, 0.1) is 18.2 Å². The maximum Gasteiger partial charge on any atom is 0.131 e. The normalized spacial score (nSPS) is 11.0. The standard InChI is InChI=1S/C17H13BrFNO/c1-2-21-17-8-7-14(18)10-12(17)9-13(11-20)15-5-3-4-6-16(15)19/h3-10H,2H2,1H3/b13-9-.